The number of aromatic nitrogens is 2. The second kappa shape index (κ2) is 4.09. The summed E-state index contributed by atoms with van der Waals surface area (Å²) in [6, 6.07) is 0. The second-order valence-electron chi connectivity index (χ2n) is 2.10. The van der Waals surface area contributed by atoms with Gasteiger partial charge >= 0.3 is 0 Å². The van der Waals surface area contributed by atoms with E-state index in [2.05, 4.69) is 5.10 Å². The van der Waals surface area contributed by atoms with Crippen LogP contribution in [0.3, 0.4) is 0 Å². The first-order valence-corrected chi connectivity index (χ1v) is 4.79. The minimum atomic E-state index is -2.39. The van der Waals surface area contributed by atoms with Crippen molar-refractivity contribution in [2.45, 2.75) is 17.9 Å². The van der Waals surface area contributed by atoms with E-state index in [-0.39, 0.29) is 5.15 Å². The van der Waals surface area contributed by atoms with Crippen LogP contribution in [-0.2, 0) is 6.54 Å². The third-order valence-electron chi connectivity index (χ3n) is 1.23. The van der Waals surface area contributed by atoms with Crippen LogP contribution in [-0.4, -0.2) is 22.5 Å². The van der Waals surface area contributed by atoms with E-state index in [9.17, 15) is 8.78 Å². The van der Waals surface area contributed by atoms with Gasteiger partial charge < -0.3 is 0 Å². The van der Waals surface area contributed by atoms with Crippen molar-refractivity contribution < 1.29 is 8.78 Å². The van der Waals surface area contributed by atoms with Crippen molar-refractivity contribution in [3.63, 3.8) is 0 Å². The third-order valence-corrected chi connectivity index (χ3v) is 2.36. The van der Waals surface area contributed by atoms with E-state index < -0.39 is 13.0 Å². The molecule has 1 rings (SSSR count). The van der Waals surface area contributed by atoms with Crippen LogP contribution in [0.5, 0.6) is 0 Å². The highest BCUT2D eigenvalue weighted by molar-refractivity contribution is 7.98. The van der Waals surface area contributed by atoms with Crippen LogP contribution in [0.15, 0.2) is 11.1 Å². The van der Waals surface area contributed by atoms with Crippen molar-refractivity contribution in [1.29, 1.82) is 0 Å². The van der Waals surface area contributed by atoms with E-state index in [1.807, 2.05) is 6.26 Å². The average Bonchev–Trinajstić information content (AvgIpc) is 2.29. The van der Waals surface area contributed by atoms with E-state index in [1.54, 1.807) is 0 Å². The molecular formula is C6H7ClF2N2S. The number of thioether (sulfide) groups is 1. The maximum atomic E-state index is 11.9. The summed E-state index contributed by atoms with van der Waals surface area (Å²) < 4.78 is 24.9. The molecule has 2 nitrogen and oxygen atoms in total. The smallest absolute Gasteiger partial charge is 0.257 e. The highest BCUT2D eigenvalue weighted by Crippen LogP contribution is 2.23. The Kier molecular flexibility index (Phi) is 3.34. The maximum absolute atomic E-state index is 11.9. The zero-order valence-electron chi connectivity index (χ0n) is 6.30. The number of hydrogen-bond donors (Lipinski definition) is 0. The molecule has 0 N–H and O–H groups in total. The largest absolute Gasteiger partial charge is 0.264 e. The third kappa shape index (κ3) is 2.35. The van der Waals surface area contributed by atoms with Crippen molar-refractivity contribution in [2.75, 3.05) is 6.26 Å². The van der Waals surface area contributed by atoms with Crippen molar-refractivity contribution in [3.8, 4) is 0 Å². The zero-order chi connectivity index (χ0) is 9.14. The highest BCUT2D eigenvalue weighted by Gasteiger charge is 2.09. The van der Waals surface area contributed by atoms with Gasteiger partial charge in [-0.05, 0) is 6.26 Å². The van der Waals surface area contributed by atoms with Gasteiger partial charge in [-0.3, -0.25) is 4.68 Å². The SMILES string of the molecule is CSc1cn(CC(F)F)nc1Cl. The van der Waals surface area contributed by atoms with Gasteiger partial charge in [0, 0.05) is 6.20 Å². The number of hydrogen-bond acceptors (Lipinski definition) is 2. The first kappa shape index (κ1) is 9.80. The summed E-state index contributed by atoms with van der Waals surface area (Å²) in [5.41, 5.74) is 0. The van der Waals surface area contributed by atoms with Crippen molar-refractivity contribution >= 4 is 23.4 Å². The van der Waals surface area contributed by atoms with Crippen LogP contribution in [0.4, 0.5) is 8.78 Å². The Hall–Kier alpha value is -0.290. The fourth-order valence-corrected chi connectivity index (χ4v) is 1.57. The van der Waals surface area contributed by atoms with Gasteiger partial charge in [0.15, 0.2) is 5.15 Å². The van der Waals surface area contributed by atoms with Crippen molar-refractivity contribution in [2.24, 2.45) is 0 Å². The molecule has 0 radical (unpaired) electrons. The van der Waals surface area contributed by atoms with Gasteiger partial charge in [0.1, 0.15) is 6.54 Å². The summed E-state index contributed by atoms with van der Waals surface area (Å²) >= 11 is 7.01. The molecule has 0 spiro atoms. The monoisotopic (exact) mass is 212 g/mol. The van der Waals surface area contributed by atoms with Crippen LogP contribution < -0.4 is 0 Å². The van der Waals surface area contributed by atoms with Gasteiger partial charge in [-0.15, -0.1) is 11.8 Å². The number of alkyl halides is 2. The Balaban J connectivity index is 2.75. The molecule has 0 atom stereocenters. The zero-order valence-corrected chi connectivity index (χ0v) is 7.87. The van der Waals surface area contributed by atoms with Gasteiger partial charge in [0.05, 0.1) is 4.90 Å². The highest BCUT2D eigenvalue weighted by atomic mass is 35.5. The minimum Gasteiger partial charge on any atom is -0.264 e. The van der Waals surface area contributed by atoms with Gasteiger partial charge in [-0.1, -0.05) is 11.6 Å². The van der Waals surface area contributed by atoms with Gasteiger partial charge in [0.25, 0.3) is 6.43 Å². The molecule has 0 bridgehead atoms. The average molecular weight is 213 g/mol. The summed E-state index contributed by atoms with van der Waals surface area (Å²) in [5.74, 6) is 0. The van der Waals surface area contributed by atoms with E-state index in [1.165, 1.54) is 18.0 Å². The molecule has 68 valence electrons. The summed E-state index contributed by atoms with van der Waals surface area (Å²) in [6.45, 7) is -0.402. The molecule has 1 aromatic rings. The molecule has 0 amide bonds. The Labute approximate surface area is 77.9 Å². The minimum absolute atomic E-state index is 0.281. The lowest BCUT2D eigenvalue weighted by Crippen LogP contribution is -2.06. The predicted octanol–water partition coefficient (Wildman–Crippen LogP) is 2.52. The van der Waals surface area contributed by atoms with E-state index >= 15 is 0 Å². The lowest BCUT2D eigenvalue weighted by atomic mass is 10.6. The molecule has 0 aliphatic rings. The Bertz CT molecular complexity index is 264. The van der Waals surface area contributed by atoms with Crippen LogP contribution in [0, 0.1) is 0 Å². The molecule has 0 aliphatic heterocycles. The Morgan fingerprint density at radius 2 is 2.42 bits per heavy atom. The molecule has 0 fully saturated rings. The fraction of sp³-hybridized carbons (Fsp3) is 0.500. The molecule has 0 unspecified atom stereocenters. The molecule has 0 aromatic carbocycles. The molecule has 0 aliphatic carbocycles. The number of nitrogens with zero attached hydrogens (tertiary/aromatic N) is 2. The maximum Gasteiger partial charge on any atom is 0.257 e. The second-order valence-corrected chi connectivity index (χ2v) is 3.31. The first-order chi connectivity index (χ1) is 5.63. The summed E-state index contributed by atoms with van der Waals surface area (Å²) in [6.07, 6.45) is 0.935. The van der Waals surface area contributed by atoms with Crippen molar-refractivity contribution in [1.82, 2.24) is 9.78 Å². The van der Waals surface area contributed by atoms with Crippen LogP contribution >= 0.6 is 23.4 Å². The topological polar surface area (TPSA) is 17.8 Å². The predicted molar refractivity (Wildman–Crippen MR) is 45.0 cm³/mol. The molecule has 1 heterocycles. The number of rotatable bonds is 3. The molecule has 0 saturated carbocycles. The Morgan fingerprint density at radius 3 is 2.83 bits per heavy atom. The summed E-state index contributed by atoms with van der Waals surface area (Å²) in [7, 11) is 0. The normalized spacial score (nSPS) is 11.1. The lowest BCUT2D eigenvalue weighted by Gasteiger charge is -1.97. The van der Waals surface area contributed by atoms with E-state index in [0.717, 1.165) is 9.58 Å². The summed E-state index contributed by atoms with van der Waals surface area (Å²) in [4.78, 5) is 0.720. The number of halogens is 3. The molecular weight excluding hydrogens is 206 g/mol. The molecule has 0 saturated heterocycles. The quantitative estimate of drug-likeness (QED) is 0.717. The van der Waals surface area contributed by atoms with Crippen LogP contribution in [0.2, 0.25) is 5.15 Å². The summed E-state index contributed by atoms with van der Waals surface area (Å²) in [5, 5.41) is 3.98. The molecule has 1 aromatic heterocycles. The first-order valence-electron chi connectivity index (χ1n) is 3.18. The lowest BCUT2D eigenvalue weighted by molar-refractivity contribution is 0.122. The Morgan fingerprint density at radius 1 is 1.75 bits per heavy atom. The van der Waals surface area contributed by atoms with E-state index in [4.69, 9.17) is 11.6 Å². The van der Waals surface area contributed by atoms with Crippen molar-refractivity contribution in [3.05, 3.63) is 11.3 Å². The molecule has 12 heavy (non-hydrogen) atoms. The van der Waals surface area contributed by atoms with Crippen LogP contribution in [0.25, 0.3) is 0 Å². The van der Waals surface area contributed by atoms with Gasteiger partial charge in [0.2, 0.25) is 0 Å². The standard InChI is InChI=1S/C6H7ClF2N2S/c1-12-4-2-11(3-5(8)9)10-6(4)7/h2,5H,3H2,1H3. The fourth-order valence-electron chi connectivity index (χ4n) is 0.751. The van der Waals surface area contributed by atoms with Gasteiger partial charge in [-0.2, -0.15) is 5.10 Å². The van der Waals surface area contributed by atoms with Crippen LogP contribution in [0.1, 0.15) is 0 Å². The molecule has 6 heteroatoms. The van der Waals surface area contributed by atoms with Gasteiger partial charge in [-0.25, -0.2) is 8.78 Å². The van der Waals surface area contributed by atoms with E-state index in [0.29, 0.717) is 0 Å².